The number of nitrogens with zero attached hydrogens (tertiary/aromatic N) is 5. The number of fused-ring (bicyclic) bond motifs is 3. The van der Waals surface area contributed by atoms with Crippen LogP contribution in [0.1, 0.15) is 16.8 Å². The minimum Gasteiger partial charge on any atom is -0.493 e. The highest BCUT2D eigenvalue weighted by Gasteiger charge is 2.25. The molecule has 0 unspecified atom stereocenters. The van der Waals surface area contributed by atoms with Crippen molar-refractivity contribution in [3.05, 3.63) is 41.3 Å². The fourth-order valence-electron chi connectivity index (χ4n) is 3.46. The molecule has 3 aromatic rings. The molecule has 130 valence electrons. The van der Waals surface area contributed by atoms with Gasteiger partial charge in [0, 0.05) is 24.3 Å². The summed E-state index contributed by atoms with van der Waals surface area (Å²) in [6, 6.07) is 6.08. The summed E-state index contributed by atoms with van der Waals surface area (Å²) in [5, 5.41) is 4.35. The third-order valence-corrected chi connectivity index (χ3v) is 4.75. The molecular weight excluding hydrogens is 318 g/mol. The Morgan fingerprint density at radius 3 is 2.80 bits per heavy atom. The molecule has 0 saturated carbocycles. The van der Waals surface area contributed by atoms with E-state index in [2.05, 4.69) is 26.0 Å². The van der Waals surface area contributed by atoms with Gasteiger partial charge >= 0.3 is 0 Å². The normalized spacial score (nSPS) is 13.3. The van der Waals surface area contributed by atoms with Gasteiger partial charge in [0.25, 0.3) is 5.78 Å². The lowest BCUT2D eigenvalue weighted by Gasteiger charge is -2.20. The highest BCUT2D eigenvalue weighted by atomic mass is 16.5. The van der Waals surface area contributed by atoms with E-state index in [1.54, 1.807) is 20.5 Å². The van der Waals surface area contributed by atoms with Crippen molar-refractivity contribution >= 4 is 11.6 Å². The lowest BCUT2D eigenvalue weighted by atomic mass is 10.1. The molecule has 0 aliphatic carbocycles. The van der Waals surface area contributed by atoms with Crippen LogP contribution in [-0.2, 0) is 12.8 Å². The topological polar surface area (TPSA) is 64.8 Å². The first-order valence-electron chi connectivity index (χ1n) is 8.36. The van der Waals surface area contributed by atoms with E-state index in [0.717, 1.165) is 48.9 Å². The minimum atomic E-state index is 0.661. The van der Waals surface area contributed by atoms with Crippen LogP contribution >= 0.6 is 0 Å². The average molecular weight is 339 g/mol. The number of anilines is 1. The van der Waals surface area contributed by atoms with Gasteiger partial charge in [0.1, 0.15) is 12.1 Å². The number of hydrogen-bond acceptors (Lipinski definition) is 6. The predicted octanol–water partition coefficient (Wildman–Crippen LogP) is 2.06. The van der Waals surface area contributed by atoms with Gasteiger partial charge in [-0.15, -0.1) is 0 Å². The van der Waals surface area contributed by atoms with Gasteiger partial charge in [-0.2, -0.15) is 14.6 Å². The molecule has 3 heterocycles. The monoisotopic (exact) mass is 339 g/mol. The second kappa shape index (κ2) is 6.23. The minimum absolute atomic E-state index is 0.661. The first-order valence-corrected chi connectivity index (χ1v) is 8.36. The fraction of sp³-hybridized carbons (Fsp3) is 0.389. The van der Waals surface area contributed by atoms with Gasteiger partial charge in [0.15, 0.2) is 11.5 Å². The summed E-state index contributed by atoms with van der Waals surface area (Å²) in [6.07, 6.45) is 3.47. The van der Waals surface area contributed by atoms with E-state index >= 15 is 0 Å². The molecule has 4 rings (SSSR count). The third-order valence-electron chi connectivity index (χ3n) is 4.75. The number of hydrogen-bond donors (Lipinski definition) is 0. The van der Waals surface area contributed by atoms with Crippen molar-refractivity contribution in [1.29, 1.82) is 0 Å². The summed E-state index contributed by atoms with van der Waals surface area (Å²) in [6.45, 7) is 3.93. The zero-order valence-electron chi connectivity index (χ0n) is 14.7. The maximum atomic E-state index is 5.40. The summed E-state index contributed by atoms with van der Waals surface area (Å²) >= 11 is 0. The Bertz CT molecular complexity index is 921. The van der Waals surface area contributed by atoms with E-state index in [1.807, 2.05) is 23.6 Å². The highest BCUT2D eigenvalue weighted by Crippen LogP contribution is 2.31. The molecule has 7 heteroatoms. The molecule has 0 saturated heterocycles. The Hall–Kier alpha value is -2.83. The number of ether oxygens (including phenoxy) is 2. The first-order chi connectivity index (χ1) is 12.2. The Balaban J connectivity index is 1.58. The van der Waals surface area contributed by atoms with E-state index in [0.29, 0.717) is 5.78 Å². The van der Waals surface area contributed by atoms with Crippen molar-refractivity contribution in [3.8, 4) is 11.5 Å². The van der Waals surface area contributed by atoms with E-state index in [1.165, 1.54) is 11.1 Å². The molecule has 0 radical (unpaired) electrons. The maximum Gasteiger partial charge on any atom is 0.254 e. The maximum absolute atomic E-state index is 5.40. The summed E-state index contributed by atoms with van der Waals surface area (Å²) in [5.41, 5.74) is 3.53. The Morgan fingerprint density at radius 2 is 2.00 bits per heavy atom. The lowest BCUT2D eigenvalue weighted by molar-refractivity contribution is 0.354. The van der Waals surface area contributed by atoms with Crippen molar-refractivity contribution in [2.45, 2.75) is 19.8 Å². The van der Waals surface area contributed by atoms with E-state index in [-0.39, 0.29) is 0 Å². The molecule has 2 aromatic heterocycles. The Labute approximate surface area is 146 Å². The van der Waals surface area contributed by atoms with Crippen LogP contribution in [0.5, 0.6) is 11.5 Å². The molecule has 1 aromatic carbocycles. The van der Waals surface area contributed by atoms with Crippen molar-refractivity contribution in [2.75, 3.05) is 32.2 Å². The molecule has 0 fully saturated rings. The number of benzene rings is 1. The van der Waals surface area contributed by atoms with Gasteiger partial charge in [-0.1, -0.05) is 6.07 Å². The van der Waals surface area contributed by atoms with Crippen molar-refractivity contribution in [1.82, 2.24) is 19.6 Å². The van der Waals surface area contributed by atoms with Gasteiger partial charge in [0.05, 0.1) is 14.2 Å². The fourth-order valence-corrected chi connectivity index (χ4v) is 3.46. The summed E-state index contributed by atoms with van der Waals surface area (Å²) in [4.78, 5) is 11.1. The molecule has 25 heavy (non-hydrogen) atoms. The SMILES string of the molecule is COc1ccc(CCN2CCc3c(C)nc4ncnn4c32)cc1OC. The number of rotatable bonds is 5. The van der Waals surface area contributed by atoms with Crippen molar-refractivity contribution in [2.24, 2.45) is 0 Å². The van der Waals surface area contributed by atoms with Crippen LogP contribution in [0, 0.1) is 6.92 Å². The molecule has 1 aliphatic heterocycles. The quantitative estimate of drug-likeness (QED) is 0.709. The van der Waals surface area contributed by atoms with E-state index < -0.39 is 0 Å². The van der Waals surface area contributed by atoms with Crippen LogP contribution in [0.3, 0.4) is 0 Å². The molecule has 0 atom stereocenters. The summed E-state index contributed by atoms with van der Waals surface area (Å²) < 4.78 is 12.6. The van der Waals surface area contributed by atoms with Gasteiger partial charge in [-0.3, -0.25) is 0 Å². The number of aromatic nitrogens is 4. The van der Waals surface area contributed by atoms with Crippen LogP contribution in [-0.4, -0.2) is 46.9 Å². The van der Waals surface area contributed by atoms with Gasteiger partial charge in [0.2, 0.25) is 0 Å². The molecule has 0 amide bonds. The third kappa shape index (κ3) is 2.65. The van der Waals surface area contributed by atoms with Gasteiger partial charge < -0.3 is 14.4 Å². The molecule has 1 aliphatic rings. The highest BCUT2D eigenvalue weighted by molar-refractivity contribution is 5.58. The molecule has 0 bridgehead atoms. The molecule has 7 nitrogen and oxygen atoms in total. The standard InChI is InChI=1S/C18H21N5O2/c1-12-14-7-9-22(17(14)23-18(21-12)19-11-20-23)8-6-13-4-5-15(24-2)16(10-13)25-3/h4-5,10-11H,6-9H2,1-3H3. The second-order valence-corrected chi connectivity index (χ2v) is 6.15. The van der Waals surface area contributed by atoms with Crippen LogP contribution < -0.4 is 14.4 Å². The van der Waals surface area contributed by atoms with Crippen LogP contribution in [0.15, 0.2) is 24.5 Å². The van der Waals surface area contributed by atoms with Crippen molar-refractivity contribution in [3.63, 3.8) is 0 Å². The smallest absolute Gasteiger partial charge is 0.254 e. The van der Waals surface area contributed by atoms with Gasteiger partial charge in [-0.25, -0.2) is 4.98 Å². The predicted molar refractivity (Wildman–Crippen MR) is 94.7 cm³/mol. The Kier molecular flexibility index (Phi) is 3.91. The molecule has 0 N–H and O–H groups in total. The van der Waals surface area contributed by atoms with Crippen molar-refractivity contribution < 1.29 is 9.47 Å². The van der Waals surface area contributed by atoms with Crippen LogP contribution in [0.25, 0.3) is 5.78 Å². The van der Waals surface area contributed by atoms with E-state index in [9.17, 15) is 0 Å². The molecule has 0 spiro atoms. The summed E-state index contributed by atoms with van der Waals surface area (Å²) in [7, 11) is 3.31. The molecular formula is C18H21N5O2. The first kappa shape index (κ1) is 15.7. The second-order valence-electron chi connectivity index (χ2n) is 6.15. The summed E-state index contributed by atoms with van der Waals surface area (Å²) in [5.74, 6) is 3.30. The zero-order valence-corrected chi connectivity index (χ0v) is 14.7. The average Bonchev–Trinajstić information content (AvgIpc) is 3.26. The lowest BCUT2D eigenvalue weighted by Crippen LogP contribution is -2.25. The van der Waals surface area contributed by atoms with E-state index in [4.69, 9.17) is 9.47 Å². The number of methoxy groups -OCH3 is 2. The largest absolute Gasteiger partial charge is 0.493 e. The number of aryl methyl sites for hydroxylation is 1. The van der Waals surface area contributed by atoms with Crippen LogP contribution in [0.4, 0.5) is 5.82 Å². The Morgan fingerprint density at radius 1 is 1.16 bits per heavy atom. The van der Waals surface area contributed by atoms with Gasteiger partial charge in [-0.05, 0) is 37.5 Å². The van der Waals surface area contributed by atoms with Crippen LogP contribution in [0.2, 0.25) is 0 Å². The zero-order chi connectivity index (χ0) is 17.4.